The van der Waals surface area contributed by atoms with Crippen LogP contribution in [0.1, 0.15) is 18.9 Å². The number of aliphatic imine (C=N–C) groups is 1. The van der Waals surface area contributed by atoms with E-state index in [-0.39, 0.29) is 0 Å². The molecule has 0 aliphatic heterocycles. The van der Waals surface area contributed by atoms with Crippen LogP contribution in [-0.4, -0.2) is 17.8 Å². The third-order valence-electron chi connectivity index (χ3n) is 2.11. The average molecular weight is 205 g/mol. The lowest BCUT2D eigenvalue weighted by Gasteiger charge is -2.16. The molecule has 0 spiro atoms. The summed E-state index contributed by atoms with van der Waals surface area (Å²) >= 11 is 0. The Hall–Kier alpha value is -1.52. The summed E-state index contributed by atoms with van der Waals surface area (Å²) in [4.78, 5) is 15.1. The summed E-state index contributed by atoms with van der Waals surface area (Å²) in [5, 5.41) is 0. The molecule has 4 N–H and O–H groups in total. The number of amides is 1. The first kappa shape index (κ1) is 11.6. The molecular weight excluding hydrogens is 190 g/mol. The van der Waals surface area contributed by atoms with E-state index in [2.05, 4.69) is 4.99 Å². The quantitative estimate of drug-likeness (QED) is 0.561. The summed E-state index contributed by atoms with van der Waals surface area (Å²) in [6.07, 6.45) is 1.82. The Kier molecular flexibility index (Phi) is 3.71. The van der Waals surface area contributed by atoms with Crippen molar-refractivity contribution in [3.05, 3.63) is 35.9 Å². The zero-order valence-electron chi connectivity index (χ0n) is 8.68. The van der Waals surface area contributed by atoms with Crippen molar-refractivity contribution in [2.24, 2.45) is 16.5 Å². The third-order valence-corrected chi connectivity index (χ3v) is 2.11. The van der Waals surface area contributed by atoms with Crippen molar-refractivity contribution in [1.82, 2.24) is 0 Å². The van der Waals surface area contributed by atoms with Crippen LogP contribution in [0.3, 0.4) is 0 Å². The molecule has 1 amide bonds. The highest BCUT2D eigenvalue weighted by molar-refractivity contribution is 5.96. The molecule has 1 rings (SSSR count). The smallest absolute Gasteiger partial charge is 0.280 e. The second-order valence-corrected chi connectivity index (χ2v) is 3.37. The lowest BCUT2D eigenvalue weighted by Crippen LogP contribution is -2.55. The van der Waals surface area contributed by atoms with E-state index in [0.717, 1.165) is 5.56 Å². The van der Waals surface area contributed by atoms with Gasteiger partial charge in [-0.2, -0.15) is 0 Å². The van der Waals surface area contributed by atoms with E-state index in [0.29, 0.717) is 6.42 Å². The van der Waals surface area contributed by atoms with Gasteiger partial charge in [0.15, 0.2) is 0 Å². The first-order valence-electron chi connectivity index (χ1n) is 4.77. The van der Waals surface area contributed by atoms with Gasteiger partial charge in [0.05, 0.1) is 0 Å². The second-order valence-electron chi connectivity index (χ2n) is 3.37. The SMILES string of the molecule is CCC(N)(N)C(=O)N=Cc1ccccc1. The van der Waals surface area contributed by atoms with Gasteiger partial charge in [-0.25, -0.2) is 4.99 Å². The number of benzene rings is 1. The number of hydrogen-bond donors (Lipinski definition) is 2. The van der Waals surface area contributed by atoms with Crippen molar-refractivity contribution in [2.45, 2.75) is 19.0 Å². The van der Waals surface area contributed by atoms with Crippen LogP contribution in [0.5, 0.6) is 0 Å². The molecule has 80 valence electrons. The predicted octanol–water partition coefficient (Wildman–Crippen LogP) is 0.656. The Morgan fingerprint density at radius 2 is 2.00 bits per heavy atom. The molecule has 15 heavy (non-hydrogen) atoms. The van der Waals surface area contributed by atoms with E-state index in [1.165, 1.54) is 6.21 Å². The lowest BCUT2D eigenvalue weighted by molar-refractivity contribution is -0.122. The fourth-order valence-electron chi connectivity index (χ4n) is 0.944. The van der Waals surface area contributed by atoms with Gasteiger partial charge < -0.3 is 11.5 Å². The summed E-state index contributed by atoms with van der Waals surface area (Å²) in [6.45, 7) is 1.75. The maximum absolute atomic E-state index is 11.4. The van der Waals surface area contributed by atoms with Crippen LogP contribution in [0, 0.1) is 0 Å². The monoisotopic (exact) mass is 205 g/mol. The zero-order valence-corrected chi connectivity index (χ0v) is 8.68. The van der Waals surface area contributed by atoms with E-state index in [1.54, 1.807) is 6.92 Å². The molecule has 0 fully saturated rings. The molecule has 1 aromatic rings. The predicted molar refractivity (Wildman–Crippen MR) is 60.4 cm³/mol. The molecular formula is C11H15N3O. The van der Waals surface area contributed by atoms with Crippen molar-refractivity contribution in [3.8, 4) is 0 Å². The van der Waals surface area contributed by atoms with Crippen LogP contribution in [0.4, 0.5) is 0 Å². The van der Waals surface area contributed by atoms with Crippen molar-refractivity contribution in [1.29, 1.82) is 0 Å². The van der Waals surface area contributed by atoms with Gasteiger partial charge in [0, 0.05) is 6.21 Å². The molecule has 1 aromatic carbocycles. The minimum atomic E-state index is -1.36. The third kappa shape index (κ3) is 3.27. The molecule has 0 bridgehead atoms. The van der Waals surface area contributed by atoms with Gasteiger partial charge in [-0.3, -0.25) is 4.79 Å². The topological polar surface area (TPSA) is 81.5 Å². The number of carbonyl (C=O) groups excluding carboxylic acids is 1. The number of hydrogen-bond acceptors (Lipinski definition) is 3. The lowest BCUT2D eigenvalue weighted by atomic mass is 10.1. The summed E-state index contributed by atoms with van der Waals surface area (Å²) in [5.74, 6) is -0.506. The molecule has 0 radical (unpaired) electrons. The van der Waals surface area contributed by atoms with Gasteiger partial charge in [0.2, 0.25) is 0 Å². The fraction of sp³-hybridized carbons (Fsp3) is 0.273. The summed E-state index contributed by atoms with van der Waals surface area (Å²) in [6, 6.07) is 9.31. The van der Waals surface area contributed by atoms with Crippen LogP contribution in [-0.2, 0) is 4.79 Å². The Morgan fingerprint density at radius 3 is 2.53 bits per heavy atom. The Balaban J connectivity index is 2.71. The highest BCUT2D eigenvalue weighted by atomic mass is 16.2. The average Bonchev–Trinajstić information content (AvgIpc) is 2.27. The van der Waals surface area contributed by atoms with Gasteiger partial charge in [-0.1, -0.05) is 37.3 Å². The van der Waals surface area contributed by atoms with E-state index in [4.69, 9.17) is 11.5 Å². The van der Waals surface area contributed by atoms with Crippen molar-refractivity contribution >= 4 is 12.1 Å². The molecule has 0 aliphatic rings. The minimum absolute atomic E-state index is 0.359. The normalized spacial score (nSPS) is 11.9. The maximum Gasteiger partial charge on any atom is 0.280 e. The summed E-state index contributed by atoms with van der Waals surface area (Å²) < 4.78 is 0. The molecule has 0 unspecified atom stereocenters. The van der Waals surface area contributed by atoms with E-state index in [9.17, 15) is 4.79 Å². The molecule has 0 heterocycles. The highest BCUT2D eigenvalue weighted by Gasteiger charge is 2.25. The van der Waals surface area contributed by atoms with Crippen molar-refractivity contribution in [3.63, 3.8) is 0 Å². The molecule has 4 heteroatoms. The minimum Gasteiger partial charge on any atom is -0.305 e. The Labute approximate surface area is 89.0 Å². The standard InChI is InChI=1S/C11H15N3O/c1-2-11(12,13)10(15)14-8-9-6-4-3-5-7-9/h3-8H,2,12-13H2,1H3. The van der Waals surface area contributed by atoms with E-state index < -0.39 is 11.6 Å². The van der Waals surface area contributed by atoms with E-state index >= 15 is 0 Å². The summed E-state index contributed by atoms with van der Waals surface area (Å²) in [5.41, 5.74) is 10.6. The number of carbonyl (C=O) groups is 1. The van der Waals surface area contributed by atoms with Crippen molar-refractivity contribution < 1.29 is 4.79 Å². The van der Waals surface area contributed by atoms with Gasteiger partial charge >= 0.3 is 0 Å². The first-order chi connectivity index (χ1) is 7.06. The molecule has 0 aromatic heterocycles. The Morgan fingerprint density at radius 1 is 1.40 bits per heavy atom. The molecule has 0 saturated carbocycles. The van der Waals surface area contributed by atoms with Crippen LogP contribution in [0.2, 0.25) is 0 Å². The van der Waals surface area contributed by atoms with Gasteiger partial charge in [-0.05, 0) is 12.0 Å². The second kappa shape index (κ2) is 4.82. The van der Waals surface area contributed by atoms with Crippen LogP contribution in [0.25, 0.3) is 0 Å². The number of rotatable bonds is 3. The number of nitrogens with two attached hydrogens (primary N) is 2. The molecule has 4 nitrogen and oxygen atoms in total. The first-order valence-corrected chi connectivity index (χ1v) is 4.77. The van der Waals surface area contributed by atoms with Gasteiger partial charge in [0.25, 0.3) is 5.91 Å². The molecule has 0 atom stereocenters. The van der Waals surface area contributed by atoms with Gasteiger partial charge in [0.1, 0.15) is 5.66 Å². The Bertz CT molecular complexity index is 357. The highest BCUT2D eigenvalue weighted by Crippen LogP contribution is 2.01. The van der Waals surface area contributed by atoms with Crippen LogP contribution in [0.15, 0.2) is 35.3 Å². The zero-order chi connectivity index (χ0) is 11.3. The van der Waals surface area contributed by atoms with E-state index in [1.807, 2.05) is 30.3 Å². The van der Waals surface area contributed by atoms with Crippen molar-refractivity contribution in [2.75, 3.05) is 0 Å². The van der Waals surface area contributed by atoms with Crippen LogP contribution < -0.4 is 11.5 Å². The van der Waals surface area contributed by atoms with Gasteiger partial charge in [-0.15, -0.1) is 0 Å². The van der Waals surface area contributed by atoms with Crippen LogP contribution >= 0.6 is 0 Å². The largest absolute Gasteiger partial charge is 0.305 e. The molecule has 0 aliphatic carbocycles. The summed E-state index contributed by atoms with van der Waals surface area (Å²) in [7, 11) is 0. The number of nitrogens with zero attached hydrogens (tertiary/aromatic N) is 1. The maximum atomic E-state index is 11.4. The fourth-order valence-corrected chi connectivity index (χ4v) is 0.944. The molecule has 0 saturated heterocycles.